The van der Waals surface area contributed by atoms with Crippen LogP contribution >= 0.6 is 0 Å². The summed E-state index contributed by atoms with van der Waals surface area (Å²) in [6, 6.07) is 7.42. The first-order valence-electron chi connectivity index (χ1n) is 2.63. The van der Waals surface area contributed by atoms with Gasteiger partial charge in [-0.1, -0.05) is 18.2 Å². The zero-order valence-corrected chi connectivity index (χ0v) is 15.1. The molecule has 0 spiro atoms. The number of rotatable bonds is 1. The van der Waals surface area contributed by atoms with Gasteiger partial charge >= 0.3 is 29.6 Å². The molecule has 0 saturated carbocycles. The van der Waals surface area contributed by atoms with Crippen LogP contribution in [0, 0.1) is 0 Å². The maximum Gasteiger partial charge on any atom is 1.00 e. The molecule has 0 radical (unpaired) electrons. The normalized spacial score (nSPS) is 9.42. The SMILES string of the molecule is O=S(=O)(O)c1ccccc1.[H-].[Hg].[Na+]. The van der Waals surface area contributed by atoms with Crippen molar-refractivity contribution >= 4 is 10.1 Å². The van der Waals surface area contributed by atoms with E-state index < -0.39 is 10.1 Å². The van der Waals surface area contributed by atoms with Crippen molar-refractivity contribution in [1.82, 2.24) is 0 Å². The van der Waals surface area contributed by atoms with Crippen LogP contribution in [0.1, 0.15) is 1.43 Å². The Morgan fingerprint density at radius 2 is 1.58 bits per heavy atom. The molecular weight excluding hydrogens is 376 g/mol. The van der Waals surface area contributed by atoms with Gasteiger partial charge in [0.15, 0.2) is 0 Å². The second-order valence-corrected chi connectivity index (χ2v) is 3.21. The van der Waals surface area contributed by atoms with Crippen molar-refractivity contribution < 1.29 is 71.6 Å². The molecular formula is C6H7HgNaO3S. The monoisotopic (exact) mass is 384 g/mol. The van der Waals surface area contributed by atoms with Gasteiger partial charge < -0.3 is 1.43 Å². The third-order valence-electron chi connectivity index (χ3n) is 1.04. The van der Waals surface area contributed by atoms with Gasteiger partial charge in [0.2, 0.25) is 0 Å². The van der Waals surface area contributed by atoms with E-state index in [1.165, 1.54) is 12.1 Å². The van der Waals surface area contributed by atoms with Gasteiger partial charge in [0.1, 0.15) is 0 Å². The molecule has 0 aliphatic heterocycles. The summed E-state index contributed by atoms with van der Waals surface area (Å²) in [5.41, 5.74) is 0. The van der Waals surface area contributed by atoms with E-state index in [0.29, 0.717) is 0 Å². The van der Waals surface area contributed by atoms with Crippen LogP contribution in [0.3, 0.4) is 0 Å². The molecule has 0 aliphatic rings. The third-order valence-corrected chi connectivity index (χ3v) is 1.91. The molecule has 0 heterocycles. The van der Waals surface area contributed by atoms with Crippen LogP contribution in [0.25, 0.3) is 0 Å². The summed E-state index contributed by atoms with van der Waals surface area (Å²) in [5, 5.41) is 0. The summed E-state index contributed by atoms with van der Waals surface area (Å²) in [7, 11) is -4.00. The molecule has 0 aliphatic carbocycles. The van der Waals surface area contributed by atoms with Crippen LogP contribution in [-0.4, -0.2) is 13.0 Å². The first-order valence-corrected chi connectivity index (χ1v) is 4.07. The van der Waals surface area contributed by atoms with Gasteiger partial charge in [0, 0.05) is 27.7 Å². The zero-order chi connectivity index (χ0) is 7.61. The summed E-state index contributed by atoms with van der Waals surface area (Å²) in [6.45, 7) is 0. The number of hydrogen-bond donors (Lipinski definition) is 1. The van der Waals surface area contributed by atoms with Crippen molar-refractivity contribution in [3.05, 3.63) is 30.3 Å². The van der Waals surface area contributed by atoms with E-state index in [1.54, 1.807) is 18.2 Å². The molecule has 12 heavy (non-hydrogen) atoms. The maximum absolute atomic E-state index is 10.4. The molecule has 1 aromatic carbocycles. The second kappa shape index (κ2) is 6.51. The Balaban J connectivity index is -0.000000333. The van der Waals surface area contributed by atoms with Gasteiger partial charge in [-0.25, -0.2) is 0 Å². The Hall–Kier alpha value is 1.07. The van der Waals surface area contributed by atoms with Crippen molar-refractivity contribution in [1.29, 1.82) is 0 Å². The number of hydrogen-bond acceptors (Lipinski definition) is 2. The summed E-state index contributed by atoms with van der Waals surface area (Å²) in [6.07, 6.45) is 0. The van der Waals surface area contributed by atoms with Gasteiger partial charge in [-0.2, -0.15) is 8.42 Å². The molecule has 0 atom stereocenters. The van der Waals surface area contributed by atoms with E-state index in [0.717, 1.165) is 0 Å². The van der Waals surface area contributed by atoms with Crippen LogP contribution in [-0.2, 0) is 37.8 Å². The topological polar surface area (TPSA) is 54.4 Å². The minimum absolute atomic E-state index is 0. The molecule has 0 unspecified atom stereocenters. The predicted octanol–water partition coefficient (Wildman–Crippen LogP) is -1.95. The van der Waals surface area contributed by atoms with Crippen LogP contribution < -0.4 is 29.6 Å². The molecule has 1 aromatic rings. The van der Waals surface area contributed by atoms with Crippen molar-refractivity contribution in [3.63, 3.8) is 0 Å². The van der Waals surface area contributed by atoms with E-state index in [2.05, 4.69) is 0 Å². The molecule has 0 saturated heterocycles. The van der Waals surface area contributed by atoms with Crippen LogP contribution in [0.15, 0.2) is 35.2 Å². The minimum atomic E-state index is -4.00. The quantitative estimate of drug-likeness (QED) is 0.454. The van der Waals surface area contributed by atoms with Gasteiger partial charge in [0.25, 0.3) is 10.1 Å². The van der Waals surface area contributed by atoms with Crippen molar-refractivity contribution in [2.24, 2.45) is 0 Å². The molecule has 0 bridgehead atoms. The predicted molar refractivity (Wildman–Crippen MR) is 37.4 cm³/mol. The Labute approximate surface area is 116 Å². The summed E-state index contributed by atoms with van der Waals surface area (Å²) >= 11 is 0. The fraction of sp³-hybridized carbons (Fsp3) is 0. The molecule has 58 valence electrons. The maximum atomic E-state index is 10.4. The van der Waals surface area contributed by atoms with E-state index in [4.69, 9.17) is 4.55 Å². The van der Waals surface area contributed by atoms with Crippen molar-refractivity contribution in [2.45, 2.75) is 4.90 Å². The van der Waals surface area contributed by atoms with Crippen LogP contribution in [0.5, 0.6) is 0 Å². The van der Waals surface area contributed by atoms with Crippen molar-refractivity contribution in [2.75, 3.05) is 0 Å². The zero-order valence-electron chi connectivity index (χ0n) is 7.77. The van der Waals surface area contributed by atoms with Crippen molar-refractivity contribution in [3.8, 4) is 0 Å². The van der Waals surface area contributed by atoms with E-state index in [-0.39, 0.29) is 63.5 Å². The Kier molecular flexibility index (Phi) is 8.43. The van der Waals surface area contributed by atoms with Gasteiger partial charge in [0.05, 0.1) is 4.90 Å². The third kappa shape index (κ3) is 4.94. The Bertz CT molecular complexity index is 316. The Morgan fingerprint density at radius 1 is 1.17 bits per heavy atom. The molecule has 0 fully saturated rings. The molecule has 0 amide bonds. The van der Waals surface area contributed by atoms with Gasteiger partial charge in [-0.3, -0.25) is 4.55 Å². The second-order valence-electron chi connectivity index (χ2n) is 1.79. The fourth-order valence-electron chi connectivity index (χ4n) is 0.592. The molecule has 0 aromatic heterocycles. The van der Waals surface area contributed by atoms with E-state index >= 15 is 0 Å². The average molecular weight is 383 g/mol. The molecule has 3 nitrogen and oxygen atoms in total. The summed E-state index contributed by atoms with van der Waals surface area (Å²) in [5.74, 6) is 0. The Morgan fingerprint density at radius 3 is 1.83 bits per heavy atom. The largest absolute Gasteiger partial charge is 1.00 e. The van der Waals surface area contributed by atoms with E-state index in [9.17, 15) is 8.42 Å². The van der Waals surface area contributed by atoms with Gasteiger partial charge in [-0.05, 0) is 12.1 Å². The smallest absolute Gasteiger partial charge is 1.00 e. The standard InChI is InChI=1S/C6H6O3S.Hg.Na.H/c7-10(8,9)6-4-2-1-3-5-6;;;/h1-5H,(H,7,8,9);;;/q;;+1;-1. The molecule has 1 N–H and O–H groups in total. The summed E-state index contributed by atoms with van der Waals surface area (Å²) in [4.78, 5) is -0.0741. The number of benzene rings is 1. The van der Waals surface area contributed by atoms with E-state index in [1.807, 2.05) is 0 Å². The molecule has 1 rings (SSSR count). The van der Waals surface area contributed by atoms with Crippen LogP contribution in [0.2, 0.25) is 0 Å². The minimum Gasteiger partial charge on any atom is -1.00 e. The van der Waals surface area contributed by atoms with Crippen LogP contribution in [0.4, 0.5) is 0 Å². The first kappa shape index (κ1) is 15.5. The summed E-state index contributed by atoms with van der Waals surface area (Å²) < 4.78 is 29.2. The van der Waals surface area contributed by atoms with Gasteiger partial charge in [-0.15, -0.1) is 0 Å². The molecule has 6 heteroatoms. The average Bonchev–Trinajstić information content (AvgIpc) is 1.88. The first-order chi connectivity index (χ1) is 4.61. The fourth-order valence-corrected chi connectivity index (χ4v) is 1.09.